The molecule has 7 nitrogen and oxygen atoms in total. The molecule has 0 spiro atoms. The Morgan fingerprint density at radius 3 is 2.38 bits per heavy atom. The van der Waals surface area contributed by atoms with Crippen molar-refractivity contribution in [2.24, 2.45) is 0 Å². The Kier molecular flexibility index (Phi) is 7.23. The fraction of sp³-hybridized carbons (Fsp3) is 0.143. The maximum Gasteiger partial charge on any atom is 0.300 e. The molecule has 0 radical (unpaired) electrons. The van der Waals surface area contributed by atoms with Gasteiger partial charge in [-0.05, 0) is 73.5 Å². The predicted molar refractivity (Wildman–Crippen MR) is 163 cm³/mol. The molecule has 0 bridgehead atoms. The Bertz CT molecular complexity index is 1800. The average molecular weight is 559 g/mol. The molecule has 2 N–H and O–H groups in total. The number of nitrogens with one attached hydrogen (secondary N) is 1. The first-order valence-corrected chi connectivity index (χ1v) is 13.8. The molecular weight excluding hydrogens is 528 g/mol. The van der Waals surface area contributed by atoms with Crippen molar-refractivity contribution in [3.8, 4) is 11.5 Å². The highest BCUT2D eigenvalue weighted by Gasteiger charge is 2.47. The largest absolute Gasteiger partial charge is 0.507 e. The summed E-state index contributed by atoms with van der Waals surface area (Å²) in [6.45, 7) is 4.69. The Balaban J connectivity index is 1.43. The maximum absolute atomic E-state index is 13.7. The van der Waals surface area contributed by atoms with Crippen LogP contribution in [0.3, 0.4) is 0 Å². The number of rotatable bonds is 8. The molecule has 4 aromatic carbocycles. The minimum absolute atomic E-state index is 0.0241. The number of fused-ring (bicyclic) bond motifs is 1. The van der Waals surface area contributed by atoms with Gasteiger partial charge in [-0.15, -0.1) is 0 Å². The molecule has 7 heteroatoms. The monoisotopic (exact) mass is 558 g/mol. The van der Waals surface area contributed by atoms with Crippen LogP contribution in [0, 0.1) is 6.92 Å². The molecule has 1 unspecified atom stereocenters. The third-order valence-electron chi connectivity index (χ3n) is 7.47. The smallest absolute Gasteiger partial charge is 0.300 e. The number of ketones is 1. The number of anilines is 1. The van der Waals surface area contributed by atoms with Crippen LogP contribution >= 0.6 is 0 Å². The van der Waals surface area contributed by atoms with Crippen molar-refractivity contribution in [1.82, 2.24) is 4.98 Å². The molecule has 42 heavy (non-hydrogen) atoms. The van der Waals surface area contributed by atoms with Crippen molar-refractivity contribution >= 4 is 34.0 Å². The number of para-hydroxylation sites is 1. The summed E-state index contributed by atoms with van der Waals surface area (Å²) in [5, 5.41) is 12.5. The van der Waals surface area contributed by atoms with E-state index in [9.17, 15) is 14.7 Å². The summed E-state index contributed by atoms with van der Waals surface area (Å²) in [6.07, 6.45) is 1.79. The molecule has 0 saturated carbocycles. The lowest BCUT2D eigenvalue weighted by molar-refractivity contribution is -0.132. The summed E-state index contributed by atoms with van der Waals surface area (Å²) < 4.78 is 11.6. The van der Waals surface area contributed by atoms with Gasteiger partial charge in [0.15, 0.2) is 0 Å². The number of aliphatic hydroxyl groups excluding tert-OH is 1. The standard InChI is InChI=1S/C35H30N2O5/c1-3-41-26-16-14-25(15-17-26)37-32(28-20-36-29-12-8-7-11-27(28)29)31(34(39)35(37)40)33(38)24-13-18-30(22(2)19-24)42-21-23-9-5-4-6-10-23/h4-20,32,36,38H,3,21H2,1-2H3/b33-31+. The molecule has 5 aromatic rings. The Hall–Kier alpha value is -5.30. The SMILES string of the molecule is CCOc1ccc(N2C(=O)C(=O)/C(=C(/O)c3ccc(OCc4ccccc4)c(C)c3)C2c2c[nH]c3ccccc23)cc1. The summed E-state index contributed by atoms with van der Waals surface area (Å²) in [7, 11) is 0. The fourth-order valence-corrected chi connectivity index (χ4v) is 5.43. The number of carbonyl (C=O) groups excluding carboxylic acids is 2. The predicted octanol–water partition coefficient (Wildman–Crippen LogP) is 7.08. The first-order chi connectivity index (χ1) is 20.5. The topological polar surface area (TPSA) is 91.9 Å². The van der Waals surface area contributed by atoms with E-state index in [0.717, 1.165) is 22.0 Å². The van der Waals surface area contributed by atoms with Gasteiger partial charge in [-0.25, -0.2) is 0 Å². The molecule has 1 aromatic heterocycles. The number of aromatic nitrogens is 1. The average Bonchev–Trinajstić information content (AvgIpc) is 3.55. The third kappa shape index (κ3) is 4.90. The van der Waals surface area contributed by atoms with Gasteiger partial charge in [0.05, 0.1) is 18.2 Å². The highest BCUT2D eigenvalue weighted by molar-refractivity contribution is 6.51. The van der Waals surface area contributed by atoms with E-state index in [1.54, 1.807) is 48.7 Å². The van der Waals surface area contributed by atoms with Gasteiger partial charge in [-0.2, -0.15) is 0 Å². The van der Waals surface area contributed by atoms with Gasteiger partial charge in [0.1, 0.15) is 23.9 Å². The zero-order valence-corrected chi connectivity index (χ0v) is 23.3. The van der Waals surface area contributed by atoms with Crippen LogP contribution in [0.2, 0.25) is 0 Å². The molecule has 0 aliphatic carbocycles. The minimum Gasteiger partial charge on any atom is -0.507 e. The summed E-state index contributed by atoms with van der Waals surface area (Å²) in [6, 6.07) is 29.0. The molecule has 1 fully saturated rings. The number of H-pyrrole nitrogens is 1. The first-order valence-electron chi connectivity index (χ1n) is 13.8. The van der Waals surface area contributed by atoms with Gasteiger partial charge in [0.2, 0.25) is 0 Å². The van der Waals surface area contributed by atoms with Crippen LogP contribution < -0.4 is 14.4 Å². The van der Waals surface area contributed by atoms with Gasteiger partial charge >= 0.3 is 0 Å². The zero-order valence-electron chi connectivity index (χ0n) is 23.3. The van der Waals surface area contributed by atoms with Crippen LogP contribution in [0.25, 0.3) is 16.7 Å². The number of hydrogen-bond acceptors (Lipinski definition) is 5. The number of aliphatic hydroxyl groups is 1. The third-order valence-corrected chi connectivity index (χ3v) is 7.47. The lowest BCUT2D eigenvalue weighted by atomic mass is 9.94. The number of nitrogens with zero attached hydrogens (tertiary/aromatic N) is 1. The highest BCUT2D eigenvalue weighted by Crippen LogP contribution is 2.44. The molecule has 1 aliphatic heterocycles. The van der Waals surface area contributed by atoms with E-state index in [-0.39, 0.29) is 11.3 Å². The second-order valence-electron chi connectivity index (χ2n) is 10.1. The summed E-state index contributed by atoms with van der Waals surface area (Å²) >= 11 is 0. The second-order valence-corrected chi connectivity index (χ2v) is 10.1. The number of hydrogen-bond donors (Lipinski definition) is 2. The fourth-order valence-electron chi connectivity index (χ4n) is 5.43. The number of Topliss-reactive ketones (excluding diaryl/α,β-unsaturated/α-hetero) is 1. The number of aromatic amines is 1. The van der Waals surface area contributed by atoms with E-state index in [1.165, 1.54) is 4.90 Å². The van der Waals surface area contributed by atoms with E-state index < -0.39 is 17.7 Å². The summed E-state index contributed by atoms with van der Waals surface area (Å²) in [4.78, 5) is 32.0. The van der Waals surface area contributed by atoms with Crippen LogP contribution in [0.5, 0.6) is 11.5 Å². The zero-order chi connectivity index (χ0) is 29.2. The van der Waals surface area contributed by atoms with E-state index >= 15 is 0 Å². The van der Waals surface area contributed by atoms with E-state index in [4.69, 9.17) is 9.47 Å². The van der Waals surface area contributed by atoms with Crippen LogP contribution in [-0.2, 0) is 16.2 Å². The molecule has 210 valence electrons. The molecule has 6 rings (SSSR count). The highest BCUT2D eigenvalue weighted by atomic mass is 16.5. The van der Waals surface area contributed by atoms with Crippen molar-refractivity contribution in [3.05, 3.63) is 131 Å². The van der Waals surface area contributed by atoms with E-state index in [0.29, 0.717) is 41.5 Å². The molecule has 2 heterocycles. The van der Waals surface area contributed by atoms with Crippen molar-refractivity contribution in [1.29, 1.82) is 0 Å². The Labute approximate surface area is 243 Å². The summed E-state index contributed by atoms with van der Waals surface area (Å²) in [5.41, 5.74) is 4.37. The number of amides is 1. The van der Waals surface area contributed by atoms with Crippen LogP contribution in [-0.4, -0.2) is 28.4 Å². The van der Waals surface area contributed by atoms with E-state index in [2.05, 4.69) is 4.98 Å². The molecule has 1 amide bonds. The lowest BCUT2D eigenvalue weighted by Crippen LogP contribution is -2.29. The van der Waals surface area contributed by atoms with Crippen molar-refractivity contribution in [2.45, 2.75) is 26.5 Å². The maximum atomic E-state index is 13.7. The Morgan fingerprint density at radius 2 is 1.64 bits per heavy atom. The van der Waals surface area contributed by atoms with Gasteiger partial charge in [0, 0.05) is 33.9 Å². The van der Waals surface area contributed by atoms with Crippen LogP contribution in [0.4, 0.5) is 5.69 Å². The number of carbonyl (C=O) groups is 2. The first kappa shape index (κ1) is 26.9. The Morgan fingerprint density at radius 1 is 0.905 bits per heavy atom. The molecule has 1 saturated heterocycles. The van der Waals surface area contributed by atoms with Crippen molar-refractivity contribution < 1.29 is 24.2 Å². The minimum atomic E-state index is -0.853. The van der Waals surface area contributed by atoms with E-state index in [1.807, 2.05) is 68.4 Å². The molecule has 1 aliphatic rings. The van der Waals surface area contributed by atoms with Gasteiger partial charge < -0.3 is 19.6 Å². The van der Waals surface area contributed by atoms with Crippen molar-refractivity contribution in [2.75, 3.05) is 11.5 Å². The van der Waals surface area contributed by atoms with Crippen LogP contribution in [0.15, 0.2) is 109 Å². The number of aryl methyl sites for hydroxylation is 1. The lowest BCUT2D eigenvalue weighted by Gasteiger charge is -2.25. The number of benzene rings is 4. The molecule has 1 atom stereocenters. The van der Waals surface area contributed by atoms with Gasteiger partial charge in [-0.3, -0.25) is 14.5 Å². The van der Waals surface area contributed by atoms with Crippen LogP contribution in [0.1, 0.15) is 35.2 Å². The quantitative estimate of drug-likeness (QED) is 0.121. The van der Waals surface area contributed by atoms with Gasteiger partial charge in [-0.1, -0.05) is 48.5 Å². The second kappa shape index (κ2) is 11.3. The normalized spacial score (nSPS) is 16.2. The number of ether oxygens (including phenoxy) is 2. The van der Waals surface area contributed by atoms with Crippen molar-refractivity contribution in [3.63, 3.8) is 0 Å². The van der Waals surface area contributed by atoms with Gasteiger partial charge in [0.25, 0.3) is 11.7 Å². The molecular formula is C35H30N2O5. The summed E-state index contributed by atoms with van der Waals surface area (Å²) in [5.74, 6) is -0.381.